The van der Waals surface area contributed by atoms with Crippen molar-refractivity contribution in [3.8, 4) is 0 Å². The average Bonchev–Trinajstić information content (AvgIpc) is 2.54. The van der Waals surface area contributed by atoms with Crippen molar-refractivity contribution in [3.63, 3.8) is 0 Å². The third kappa shape index (κ3) is 3.48. The lowest BCUT2D eigenvalue weighted by atomic mass is 10.2. The Hall–Kier alpha value is -0.560. The molecule has 0 aliphatic carbocycles. The van der Waals surface area contributed by atoms with E-state index in [1.54, 1.807) is 11.8 Å². The maximum atomic E-state index is 9.30. The van der Waals surface area contributed by atoms with Gasteiger partial charge in [0.1, 0.15) is 0 Å². The van der Waals surface area contributed by atoms with E-state index in [4.69, 9.17) is 10.5 Å². The summed E-state index contributed by atoms with van der Waals surface area (Å²) in [6.07, 6.45) is 0. The van der Waals surface area contributed by atoms with Gasteiger partial charge in [-0.25, -0.2) is 0 Å². The number of thioether (sulfide) groups is 1. The maximum Gasteiger partial charge on any atom is 0.0943 e. The molecular formula is C10H19N3O2S. The number of ether oxygens (including phenoxy) is 1. The van der Waals surface area contributed by atoms with E-state index in [1.165, 1.54) is 11.8 Å². The summed E-state index contributed by atoms with van der Waals surface area (Å²) in [6, 6.07) is 1.79. The Morgan fingerprint density at radius 1 is 1.69 bits per heavy atom. The zero-order chi connectivity index (χ0) is 12.1. The molecule has 0 aliphatic rings. The monoisotopic (exact) mass is 245 g/mol. The number of nitrogens with two attached hydrogens (primary N) is 1. The number of rotatable bonds is 6. The van der Waals surface area contributed by atoms with Gasteiger partial charge in [-0.15, -0.1) is 0 Å². The number of aliphatic hydroxyl groups excluding tert-OH is 1. The number of methoxy groups -OCH3 is 1. The average molecular weight is 245 g/mol. The van der Waals surface area contributed by atoms with E-state index in [9.17, 15) is 5.11 Å². The molecule has 0 amide bonds. The highest BCUT2D eigenvalue weighted by atomic mass is 32.2. The van der Waals surface area contributed by atoms with E-state index >= 15 is 0 Å². The zero-order valence-electron chi connectivity index (χ0n) is 9.88. The van der Waals surface area contributed by atoms with Gasteiger partial charge < -0.3 is 15.6 Å². The van der Waals surface area contributed by atoms with Gasteiger partial charge in [-0.3, -0.25) is 4.68 Å². The lowest BCUT2D eigenvalue weighted by Crippen LogP contribution is -2.38. The molecule has 0 saturated heterocycles. The summed E-state index contributed by atoms with van der Waals surface area (Å²) in [5.74, 6) is 0. The van der Waals surface area contributed by atoms with Crippen LogP contribution >= 0.6 is 11.8 Å². The number of aromatic nitrogens is 2. The Morgan fingerprint density at radius 3 is 2.81 bits per heavy atom. The normalized spacial score (nSPS) is 15.1. The van der Waals surface area contributed by atoms with Crippen LogP contribution in [-0.2, 0) is 11.8 Å². The Kier molecular flexibility index (Phi) is 5.27. The minimum atomic E-state index is -0.185. The van der Waals surface area contributed by atoms with Gasteiger partial charge in [-0.1, -0.05) is 11.8 Å². The highest BCUT2D eigenvalue weighted by Gasteiger charge is 2.19. The second kappa shape index (κ2) is 6.24. The fourth-order valence-electron chi connectivity index (χ4n) is 1.41. The number of aliphatic hydroxyl groups is 1. The quantitative estimate of drug-likeness (QED) is 0.698. The SMILES string of the molecule is COCC(N)C(CO)Sc1cc(C)nn1C. The van der Waals surface area contributed by atoms with Crippen molar-refractivity contribution in [2.45, 2.75) is 23.2 Å². The van der Waals surface area contributed by atoms with Gasteiger partial charge in [0.15, 0.2) is 0 Å². The summed E-state index contributed by atoms with van der Waals surface area (Å²) in [7, 11) is 3.48. The second-order valence-corrected chi connectivity index (χ2v) is 4.97. The van der Waals surface area contributed by atoms with Gasteiger partial charge in [-0.05, 0) is 13.0 Å². The number of hydrogen-bond donors (Lipinski definition) is 2. The van der Waals surface area contributed by atoms with E-state index in [2.05, 4.69) is 5.10 Å². The molecule has 1 aromatic rings. The molecule has 0 fully saturated rings. The van der Waals surface area contributed by atoms with Crippen molar-refractivity contribution in [1.29, 1.82) is 0 Å². The Bertz CT molecular complexity index is 330. The van der Waals surface area contributed by atoms with Crippen LogP contribution in [0.1, 0.15) is 5.69 Å². The number of hydrogen-bond acceptors (Lipinski definition) is 5. The van der Waals surface area contributed by atoms with Crippen molar-refractivity contribution in [1.82, 2.24) is 9.78 Å². The van der Waals surface area contributed by atoms with E-state index in [0.717, 1.165) is 10.7 Å². The molecule has 2 unspecified atom stereocenters. The summed E-state index contributed by atoms with van der Waals surface area (Å²) >= 11 is 1.53. The molecule has 1 rings (SSSR count). The molecule has 0 saturated carbocycles. The molecule has 0 bridgehead atoms. The molecule has 0 aromatic carbocycles. The van der Waals surface area contributed by atoms with Crippen molar-refractivity contribution in [2.75, 3.05) is 20.3 Å². The molecule has 1 aromatic heterocycles. The van der Waals surface area contributed by atoms with Crippen molar-refractivity contribution >= 4 is 11.8 Å². The zero-order valence-corrected chi connectivity index (χ0v) is 10.7. The molecule has 2 atom stereocenters. The van der Waals surface area contributed by atoms with Crippen LogP contribution in [0.25, 0.3) is 0 Å². The minimum Gasteiger partial charge on any atom is -0.395 e. The summed E-state index contributed by atoms with van der Waals surface area (Å²) in [5.41, 5.74) is 6.87. The first-order valence-corrected chi connectivity index (χ1v) is 5.99. The molecule has 3 N–H and O–H groups in total. The Balaban J connectivity index is 2.66. The van der Waals surface area contributed by atoms with Crippen LogP contribution in [0, 0.1) is 6.92 Å². The van der Waals surface area contributed by atoms with Gasteiger partial charge in [0.2, 0.25) is 0 Å². The van der Waals surface area contributed by atoms with Crippen LogP contribution < -0.4 is 5.73 Å². The van der Waals surface area contributed by atoms with Crippen molar-refractivity contribution in [3.05, 3.63) is 11.8 Å². The summed E-state index contributed by atoms with van der Waals surface area (Å²) in [5, 5.41) is 14.5. The molecule has 6 heteroatoms. The predicted molar refractivity (Wildman–Crippen MR) is 64.5 cm³/mol. The molecule has 0 radical (unpaired) electrons. The van der Waals surface area contributed by atoms with Crippen molar-refractivity contribution < 1.29 is 9.84 Å². The molecule has 0 aliphatic heterocycles. The molecule has 0 spiro atoms. The fourth-order valence-corrected chi connectivity index (χ4v) is 2.48. The van der Waals surface area contributed by atoms with Crippen molar-refractivity contribution in [2.24, 2.45) is 12.8 Å². The predicted octanol–water partition coefficient (Wildman–Crippen LogP) is 0.155. The van der Waals surface area contributed by atoms with Crippen LogP contribution in [0.3, 0.4) is 0 Å². The first-order valence-electron chi connectivity index (χ1n) is 5.11. The van der Waals surface area contributed by atoms with Gasteiger partial charge in [0.25, 0.3) is 0 Å². The van der Waals surface area contributed by atoms with E-state index in [0.29, 0.717) is 6.61 Å². The standard InChI is InChI=1S/C10H19N3O2S/c1-7-4-10(13(2)12-7)16-9(5-14)8(11)6-15-3/h4,8-9,14H,5-6,11H2,1-3H3. The van der Waals surface area contributed by atoms with Crippen LogP contribution in [0.2, 0.25) is 0 Å². The van der Waals surface area contributed by atoms with E-state index < -0.39 is 0 Å². The highest BCUT2D eigenvalue weighted by Crippen LogP contribution is 2.25. The largest absolute Gasteiger partial charge is 0.395 e. The van der Waals surface area contributed by atoms with E-state index in [1.807, 2.05) is 20.0 Å². The number of aryl methyl sites for hydroxylation is 2. The molecule has 16 heavy (non-hydrogen) atoms. The smallest absolute Gasteiger partial charge is 0.0943 e. The summed E-state index contributed by atoms with van der Waals surface area (Å²) < 4.78 is 6.78. The molecular weight excluding hydrogens is 226 g/mol. The van der Waals surface area contributed by atoms with Crippen LogP contribution in [0.5, 0.6) is 0 Å². The first kappa shape index (κ1) is 13.5. The third-order valence-electron chi connectivity index (χ3n) is 2.25. The topological polar surface area (TPSA) is 73.3 Å². The van der Waals surface area contributed by atoms with Crippen LogP contribution in [0.15, 0.2) is 11.1 Å². The molecule has 5 nitrogen and oxygen atoms in total. The maximum absolute atomic E-state index is 9.30. The van der Waals surface area contributed by atoms with Crippen LogP contribution in [-0.4, -0.2) is 46.5 Å². The fraction of sp³-hybridized carbons (Fsp3) is 0.700. The third-order valence-corrected chi connectivity index (χ3v) is 3.67. The minimum absolute atomic E-state index is 0.0272. The van der Waals surface area contributed by atoms with Gasteiger partial charge >= 0.3 is 0 Å². The Labute approximate surface area is 100.0 Å². The molecule has 1 heterocycles. The lowest BCUT2D eigenvalue weighted by molar-refractivity contribution is 0.167. The summed E-state index contributed by atoms with van der Waals surface area (Å²) in [6.45, 7) is 2.40. The van der Waals surface area contributed by atoms with Crippen LogP contribution in [0.4, 0.5) is 0 Å². The van der Waals surface area contributed by atoms with E-state index in [-0.39, 0.29) is 17.9 Å². The Morgan fingerprint density at radius 2 is 2.38 bits per heavy atom. The lowest BCUT2D eigenvalue weighted by Gasteiger charge is -2.20. The van der Waals surface area contributed by atoms with Gasteiger partial charge in [0.05, 0.1) is 29.2 Å². The van der Waals surface area contributed by atoms with Gasteiger partial charge in [-0.2, -0.15) is 5.10 Å². The number of nitrogens with zero attached hydrogens (tertiary/aromatic N) is 2. The summed E-state index contributed by atoms with van der Waals surface area (Å²) in [4.78, 5) is 0. The van der Waals surface area contributed by atoms with Gasteiger partial charge in [0, 0.05) is 20.2 Å². The highest BCUT2D eigenvalue weighted by molar-refractivity contribution is 8.00. The second-order valence-electron chi connectivity index (χ2n) is 3.71. The first-order chi connectivity index (χ1) is 7.58. The molecule has 92 valence electrons.